The van der Waals surface area contributed by atoms with Gasteiger partial charge in [-0.3, -0.25) is 0 Å². The molecule has 3 aromatic rings. The number of anilines is 1. The maximum atomic E-state index is 13.9. The first-order valence-corrected chi connectivity index (χ1v) is 12.0. The molecule has 4 rings (SSSR count). The molecule has 11 heteroatoms. The summed E-state index contributed by atoms with van der Waals surface area (Å²) in [4.78, 5) is 4.73. The van der Waals surface area contributed by atoms with Gasteiger partial charge in [-0.1, -0.05) is 25.9 Å². The first kappa shape index (κ1) is 24.6. The Hall–Kier alpha value is -2.53. The lowest BCUT2D eigenvalue weighted by Crippen LogP contribution is -2.52. The second kappa shape index (κ2) is 8.60. The fraction of sp³-hybridized carbons (Fsp3) is 0.522. The molecule has 0 atom stereocenters. The number of halogens is 3. The van der Waals surface area contributed by atoms with Crippen LogP contribution in [-0.2, 0) is 5.41 Å². The van der Waals surface area contributed by atoms with Gasteiger partial charge in [-0.05, 0) is 72.5 Å². The van der Waals surface area contributed by atoms with Crippen LogP contribution in [0.3, 0.4) is 0 Å². The summed E-state index contributed by atoms with van der Waals surface area (Å²) >= 11 is 0.321. The summed E-state index contributed by atoms with van der Waals surface area (Å²) in [5, 5.41) is 21.6. The second-order valence-electron chi connectivity index (χ2n) is 9.73. The highest BCUT2D eigenvalue weighted by molar-refractivity contribution is 7.99. The molecule has 34 heavy (non-hydrogen) atoms. The Bertz CT molecular complexity index is 1210. The highest BCUT2D eigenvalue weighted by Gasteiger charge is 2.43. The molecule has 1 aliphatic carbocycles. The number of nitrogens with zero attached hydrogens (tertiary/aromatic N) is 3. The first-order chi connectivity index (χ1) is 15.8. The predicted molar refractivity (Wildman–Crippen MR) is 125 cm³/mol. The average Bonchev–Trinajstić information content (AvgIpc) is 3.20. The summed E-state index contributed by atoms with van der Waals surface area (Å²) in [5.41, 5.74) is -2.47. The van der Waals surface area contributed by atoms with Crippen molar-refractivity contribution in [1.82, 2.24) is 15.2 Å². The molecule has 2 aromatic heterocycles. The lowest BCUT2D eigenvalue weighted by molar-refractivity contribution is -0.0875. The first-order valence-electron chi connectivity index (χ1n) is 10.8. The second-order valence-corrected chi connectivity index (χ2v) is 10.6. The zero-order chi connectivity index (χ0) is 24.9. The predicted octanol–water partition coefficient (Wildman–Crippen LogP) is 5.46. The molecule has 1 fully saturated rings. The van der Waals surface area contributed by atoms with Crippen LogP contribution in [-0.4, -0.2) is 50.3 Å². The summed E-state index contributed by atoms with van der Waals surface area (Å²) in [6.07, 6.45) is 1.79. The number of alkyl halides is 3. The lowest BCUT2D eigenvalue weighted by atomic mass is 9.77. The Morgan fingerprint density at radius 2 is 1.94 bits per heavy atom. The molecule has 7 nitrogen and oxygen atoms in total. The number of hydrogen-bond acceptors (Lipinski definition) is 8. The van der Waals surface area contributed by atoms with Gasteiger partial charge in [-0.15, -0.1) is 5.10 Å². The number of hydrogen-bond donors (Lipinski definition) is 2. The van der Waals surface area contributed by atoms with E-state index in [2.05, 4.69) is 15.5 Å². The van der Waals surface area contributed by atoms with Crippen molar-refractivity contribution in [3.8, 4) is 17.3 Å². The molecule has 0 aliphatic heterocycles. The van der Waals surface area contributed by atoms with E-state index in [1.807, 2.05) is 27.7 Å². The number of nitrogens with one attached hydrogen (secondary N) is 1. The summed E-state index contributed by atoms with van der Waals surface area (Å²) in [7, 11) is 0. The average molecular weight is 497 g/mol. The van der Waals surface area contributed by atoms with Crippen molar-refractivity contribution in [3.63, 3.8) is 0 Å². The van der Waals surface area contributed by atoms with Gasteiger partial charge >= 0.3 is 11.5 Å². The van der Waals surface area contributed by atoms with E-state index < -0.39 is 23.1 Å². The fourth-order valence-electron chi connectivity index (χ4n) is 4.01. The Morgan fingerprint density at radius 3 is 2.56 bits per heavy atom. The summed E-state index contributed by atoms with van der Waals surface area (Å²) in [5.74, 6) is 0.245. The van der Waals surface area contributed by atoms with E-state index in [0.29, 0.717) is 28.4 Å². The molecule has 0 bridgehead atoms. The third-order valence-electron chi connectivity index (χ3n) is 5.85. The summed E-state index contributed by atoms with van der Waals surface area (Å²) < 4.78 is 51.2. The number of pyridine rings is 1. The Morgan fingerprint density at radius 1 is 1.24 bits per heavy atom. The van der Waals surface area contributed by atoms with Crippen molar-refractivity contribution in [2.24, 2.45) is 0 Å². The van der Waals surface area contributed by atoms with E-state index in [1.165, 1.54) is 6.26 Å². The van der Waals surface area contributed by atoms with Gasteiger partial charge in [0.15, 0.2) is 0 Å². The van der Waals surface area contributed by atoms with Gasteiger partial charge in [-0.25, -0.2) is 9.37 Å². The van der Waals surface area contributed by atoms with E-state index in [0.717, 1.165) is 11.1 Å². The fourth-order valence-corrected chi connectivity index (χ4v) is 4.19. The van der Waals surface area contributed by atoms with E-state index in [9.17, 15) is 18.3 Å². The van der Waals surface area contributed by atoms with Crippen molar-refractivity contribution >= 4 is 28.7 Å². The molecule has 0 amide bonds. The highest BCUT2D eigenvalue weighted by atomic mass is 32.2. The molecule has 184 valence electrons. The Kier molecular flexibility index (Phi) is 6.22. The molecule has 0 radical (unpaired) electrons. The smallest absolute Gasteiger partial charge is 0.424 e. The molecule has 0 spiro atoms. The van der Waals surface area contributed by atoms with Crippen LogP contribution in [0.2, 0.25) is 0 Å². The van der Waals surface area contributed by atoms with Gasteiger partial charge in [0.2, 0.25) is 0 Å². The molecule has 2 heterocycles. The minimum Gasteiger partial charge on any atom is -0.424 e. The van der Waals surface area contributed by atoms with Crippen LogP contribution < -0.4 is 10.1 Å². The van der Waals surface area contributed by atoms with Crippen LogP contribution in [0.4, 0.5) is 19.2 Å². The Labute approximate surface area is 199 Å². The van der Waals surface area contributed by atoms with Crippen LogP contribution in [0.5, 0.6) is 5.75 Å². The molecular weight excluding hydrogens is 469 g/mol. The molecule has 2 N–H and O–H groups in total. The number of thioether (sulfide) groups is 1. The van der Waals surface area contributed by atoms with Gasteiger partial charge in [0.25, 0.3) is 5.89 Å². The van der Waals surface area contributed by atoms with Crippen LogP contribution in [0.1, 0.15) is 44.7 Å². The van der Waals surface area contributed by atoms with Crippen molar-refractivity contribution < 1.29 is 27.4 Å². The topological polar surface area (TPSA) is 93.3 Å². The molecule has 1 aromatic carbocycles. The van der Waals surface area contributed by atoms with Gasteiger partial charge < -0.3 is 19.6 Å². The van der Waals surface area contributed by atoms with Crippen molar-refractivity contribution in [1.29, 1.82) is 0 Å². The third kappa shape index (κ3) is 4.95. The molecule has 0 unspecified atom stereocenters. The van der Waals surface area contributed by atoms with E-state index in [-0.39, 0.29) is 36.5 Å². The highest BCUT2D eigenvalue weighted by Crippen LogP contribution is 2.39. The number of ether oxygens (including phenoxy) is 1. The van der Waals surface area contributed by atoms with Crippen molar-refractivity contribution in [3.05, 3.63) is 29.3 Å². The maximum Gasteiger partial charge on any atom is 0.452 e. The molecule has 1 saturated carbocycles. The number of aryl methyl sites for hydroxylation is 1. The van der Waals surface area contributed by atoms with Gasteiger partial charge in [0.05, 0.1) is 11.1 Å². The van der Waals surface area contributed by atoms with Gasteiger partial charge in [-0.2, -0.15) is 8.78 Å². The Balaban J connectivity index is 1.69. The number of benzene rings is 1. The van der Waals surface area contributed by atoms with Crippen LogP contribution in [0.25, 0.3) is 22.5 Å². The number of rotatable bonds is 7. The summed E-state index contributed by atoms with van der Waals surface area (Å²) in [6, 6.07) is 4.88. The summed E-state index contributed by atoms with van der Waals surface area (Å²) in [6.45, 7) is 6.95. The maximum absolute atomic E-state index is 13.9. The SMILES string of the molecule is CSC(F)(F)Oc1cc(C(C)(C)C)c2nc(-c3nnc(NC4CC(O)(CF)C4)o3)cc(C)c2c1. The quantitative estimate of drug-likeness (QED) is 0.417. The van der Waals surface area contributed by atoms with Crippen LogP contribution in [0.15, 0.2) is 22.6 Å². The van der Waals surface area contributed by atoms with Crippen LogP contribution >= 0.6 is 11.8 Å². The minimum atomic E-state index is -3.35. The zero-order valence-corrected chi connectivity index (χ0v) is 20.4. The number of aromatic nitrogens is 3. The standard InChI is InChI=1S/C23H27F3N4O3S/c1-12-6-17(19-29-30-20(32-19)27-13-9-22(31,10-13)11-24)28-18-15(12)7-14(33-23(25,26)34-5)8-16(18)21(2,3)4/h6-8,13,31H,9-11H2,1-5H3,(H,27,30). The number of aliphatic hydroxyl groups is 1. The van der Waals surface area contributed by atoms with Gasteiger partial charge in [0, 0.05) is 11.4 Å². The van der Waals surface area contributed by atoms with E-state index in [4.69, 9.17) is 14.1 Å². The van der Waals surface area contributed by atoms with E-state index in [1.54, 1.807) is 18.2 Å². The van der Waals surface area contributed by atoms with E-state index >= 15 is 0 Å². The monoisotopic (exact) mass is 496 g/mol. The largest absolute Gasteiger partial charge is 0.452 e. The minimum absolute atomic E-state index is 0.0624. The third-order valence-corrected chi connectivity index (χ3v) is 6.41. The van der Waals surface area contributed by atoms with Gasteiger partial charge in [0.1, 0.15) is 18.1 Å². The molecular formula is C23H27F3N4O3S. The zero-order valence-electron chi connectivity index (χ0n) is 19.6. The van der Waals surface area contributed by atoms with Crippen molar-refractivity contribution in [2.45, 2.75) is 63.0 Å². The number of fused-ring (bicyclic) bond motifs is 1. The molecule has 0 saturated heterocycles. The molecule has 1 aliphatic rings. The van der Waals surface area contributed by atoms with Crippen LogP contribution in [0, 0.1) is 6.92 Å². The van der Waals surface area contributed by atoms with Crippen molar-refractivity contribution in [2.75, 3.05) is 18.2 Å². The normalized spacial score (nSPS) is 20.9. The lowest BCUT2D eigenvalue weighted by Gasteiger charge is -2.41.